The Morgan fingerprint density at radius 1 is 1.19 bits per heavy atom. The monoisotopic (exact) mass is 287 g/mol. The summed E-state index contributed by atoms with van der Waals surface area (Å²) in [6, 6.07) is 7.91. The van der Waals surface area contributed by atoms with Crippen molar-refractivity contribution in [3.05, 3.63) is 24.3 Å². The van der Waals surface area contributed by atoms with E-state index >= 15 is 0 Å². The fourth-order valence-electron chi connectivity index (χ4n) is 2.56. The van der Waals surface area contributed by atoms with Gasteiger partial charge in [0.2, 0.25) is 5.95 Å². The lowest BCUT2D eigenvalue weighted by atomic mass is 10.2. The Balaban J connectivity index is 1.57. The summed E-state index contributed by atoms with van der Waals surface area (Å²) in [5, 5.41) is 4.39. The maximum atomic E-state index is 5.76. The zero-order valence-electron chi connectivity index (χ0n) is 12.1. The lowest BCUT2D eigenvalue weighted by Crippen LogP contribution is -2.37. The summed E-state index contributed by atoms with van der Waals surface area (Å²) in [4.78, 5) is 11.0. The van der Waals surface area contributed by atoms with Crippen molar-refractivity contribution in [1.82, 2.24) is 14.9 Å². The minimum atomic E-state index is 0.310. The number of nitrogen functional groups attached to an aromatic ring is 1. The Hall–Kier alpha value is -1.92. The lowest BCUT2D eigenvalue weighted by molar-refractivity contribution is 0.0378. The summed E-state index contributed by atoms with van der Waals surface area (Å²) in [6.07, 6.45) is 1.07. The SMILES string of the molecule is Nc1nc(NCCCN2CCOCC2)c2ccccc2n1. The molecule has 1 aromatic heterocycles. The first-order chi connectivity index (χ1) is 10.3. The van der Waals surface area contributed by atoms with Gasteiger partial charge in [0.1, 0.15) is 5.82 Å². The highest BCUT2D eigenvalue weighted by atomic mass is 16.5. The normalized spacial score (nSPS) is 16.2. The number of morpholine rings is 1. The maximum absolute atomic E-state index is 5.76. The van der Waals surface area contributed by atoms with Crippen molar-refractivity contribution in [2.45, 2.75) is 6.42 Å². The van der Waals surface area contributed by atoms with Crippen LogP contribution < -0.4 is 11.1 Å². The molecule has 0 bridgehead atoms. The molecule has 2 heterocycles. The van der Waals surface area contributed by atoms with Crippen LogP contribution in [0.15, 0.2) is 24.3 Å². The molecule has 6 nitrogen and oxygen atoms in total. The van der Waals surface area contributed by atoms with E-state index in [1.807, 2.05) is 24.3 Å². The Kier molecular flexibility index (Phi) is 4.47. The average molecular weight is 287 g/mol. The number of hydrogen-bond donors (Lipinski definition) is 2. The number of rotatable bonds is 5. The molecule has 2 aromatic rings. The Bertz CT molecular complexity index is 598. The topological polar surface area (TPSA) is 76.3 Å². The smallest absolute Gasteiger partial charge is 0.222 e. The fourth-order valence-corrected chi connectivity index (χ4v) is 2.56. The van der Waals surface area contributed by atoms with Gasteiger partial charge < -0.3 is 15.8 Å². The Morgan fingerprint density at radius 3 is 2.86 bits per heavy atom. The van der Waals surface area contributed by atoms with Crippen molar-refractivity contribution < 1.29 is 4.74 Å². The molecule has 112 valence electrons. The van der Waals surface area contributed by atoms with E-state index in [9.17, 15) is 0 Å². The molecule has 0 spiro atoms. The molecule has 0 amide bonds. The maximum Gasteiger partial charge on any atom is 0.222 e. The Morgan fingerprint density at radius 2 is 2.00 bits per heavy atom. The highest BCUT2D eigenvalue weighted by molar-refractivity contribution is 5.89. The predicted molar refractivity (Wildman–Crippen MR) is 84.3 cm³/mol. The van der Waals surface area contributed by atoms with E-state index in [1.54, 1.807) is 0 Å². The van der Waals surface area contributed by atoms with E-state index < -0.39 is 0 Å². The second kappa shape index (κ2) is 6.69. The lowest BCUT2D eigenvalue weighted by Gasteiger charge is -2.26. The van der Waals surface area contributed by atoms with E-state index in [-0.39, 0.29) is 0 Å². The minimum absolute atomic E-state index is 0.310. The number of nitrogens with one attached hydrogen (secondary N) is 1. The predicted octanol–water partition coefficient (Wildman–Crippen LogP) is 1.35. The van der Waals surface area contributed by atoms with Gasteiger partial charge in [-0.2, -0.15) is 4.98 Å². The molecule has 0 unspecified atom stereocenters. The third-order valence-corrected chi connectivity index (χ3v) is 3.67. The van der Waals surface area contributed by atoms with Crippen LogP contribution in [0, 0.1) is 0 Å². The van der Waals surface area contributed by atoms with Gasteiger partial charge in [0.25, 0.3) is 0 Å². The van der Waals surface area contributed by atoms with Gasteiger partial charge in [-0.15, -0.1) is 0 Å². The number of nitrogens with zero attached hydrogens (tertiary/aromatic N) is 3. The van der Waals surface area contributed by atoms with Crippen molar-refractivity contribution >= 4 is 22.7 Å². The first kappa shape index (κ1) is 14.0. The molecule has 21 heavy (non-hydrogen) atoms. The number of fused-ring (bicyclic) bond motifs is 1. The molecular formula is C15H21N5O. The van der Waals surface area contributed by atoms with Crippen LogP contribution in [0.3, 0.4) is 0 Å². The molecule has 1 saturated heterocycles. The molecule has 1 fully saturated rings. The first-order valence-corrected chi connectivity index (χ1v) is 7.39. The highest BCUT2D eigenvalue weighted by Gasteiger charge is 2.09. The number of ether oxygens (including phenoxy) is 1. The summed E-state index contributed by atoms with van der Waals surface area (Å²) in [5.74, 6) is 1.13. The molecule has 1 aliphatic rings. The highest BCUT2D eigenvalue weighted by Crippen LogP contribution is 2.20. The minimum Gasteiger partial charge on any atom is -0.379 e. The van der Waals surface area contributed by atoms with Crippen LogP contribution in [0.25, 0.3) is 10.9 Å². The summed E-state index contributed by atoms with van der Waals surface area (Å²) >= 11 is 0. The quantitative estimate of drug-likeness (QED) is 0.808. The van der Waals surface area contributed by atoms with Gasteiger partial charge in [-0.1, -0.05) is 12.1 Å². The molecule has 0 aliphatic carbocycles. The van der Waals surface area contributed by atoms with Gasteiger partial charge in [0.05, 0.1) is 18.7 Å². The molecule has 0 saturated carbocycles. The summed E-state index contributed by atoms with van der Waals surface area (Å²) in [7, 11) is 0. The van der Waals surface area contributed by atoms with E-state index in [0.717, 1.165) is 62.5 Å². The molecule has 1 aromatic carbocycles. The number of aromatic nitrogens is 2. The molecule has 6 heteroatoms. The molecule has 0 radical (unpaired) electrons. The summed E-state index contributed by atoms with van der Waals surface area (Å²) in [6.45, 7) is 5.71. The van der Waals surface area contributed by atoms with Crippen LogP contribution in [0.5, 0.6) is 0 Å². The van der Waals surface area contributed by atoms with Crippen molar-refractivity contribution in [3.63, 3.8) is 0 Å². The number of anilines is 2. The average Bonchev–Trinajstić information content (AvgIpc) is 2.52. The van der Waals surface area contributed by atoms with Crippen LogP contribution in [-0.4, -0.2) is 54.3 Å². The van der Waals surface area contributed by atoms with Crippen LogP contribution >= 0.6 is 0 Å². The number of hydrogen-bond acceptors (Lipinski definition) is 6. The molecule has 0 atom stereocenters. The third kappa shape index (κ3) is 3.59. The number of para-hydroxylation sites is 1. The van der Waals surface area contributed by atoms with Crippen molar-refractivity contribution in [3.8, 4) is 0 Å². The van der Waals surface area contributed by atoms with Gasteiger partial charge >= 0.3 is 0 Å². The van der Waals surface area contributed by atoms with Gasteiger partial charge in [-0.05, 0) is 25.1 Å². The van der Waals surface area contributed by atoms with Crippen LogP contribution in [0.2, 0.25) is 0 Å². The van der Waals surface area contributed by atoms with Crippen LogP contribution in [0.4, 0.5) is 11.8 Å². The molecule has 3 rings (SSSR count). The van der Waals surface area contributed by atoms with Crippen LogP contribution in [-0.2, 0) is 4.74 Å². The second-order valence-electron chi connectivity index (χ2n) is 5.18. The largest absolute Gasteiger partial charge is 0.379 e. The molecule has 1 aliphatic heterocycles. The van der Waals surface area contributed by atoms with Gasteiger partial charge in [-0.3, -0.25) is 4.90 Å². The standard InChI is InChI=1S/C15H21N5O/c16-15-18-13-5-2-1-4-12(13)14(19-15)17-6-3-7-20-8-10-21-11-9-20/h1-2,4-5H,3,6-11H2,(H3,16,17,18,19). The molecular weight excluding hydrogens is 266 g/mol. The van der Waals surface area contributed by atoms with E-state index in [0.29, 0.717) is 5.95 Å². The fraction of sp³-hybridized carbons (Fsp3) is 0.467. The zero-order chi connectivity index (χ0) is 14.5. The second-order valence-corrected chi connectivity index (χ2v) is 5.18. The van der Waals surface area contributed by atoms with Gasteiger partial charge in [-0.25, -0.2) is 4.98 Å². The summed E-state index contributed by atoms with van der Waals surface area (Å²) < 4.78 is 5.35. The first-order valence-electron chi connectivity index (χ1n) is 7.39. The molecule has 3 N–H and O–H groups in total. The third-order valence-electron chi connectivity index (χ3n) is 3.67. The number of nitrogens with two attached hydrogens (primary N) is 1. The van der Waals surface area contributed by atoms with Crippen molar-refractivity contribution in [2.24, 2.45) is 0 Å². The zero-order valence-corrected chi connectivity index (χ0v) is 12.1. The van der Waals surface area contributed by atoms with Gasteiger partial charge in [0, 0.05) is 25.0 Å². The van der Waals surface area contributed by atoms with E-state index in [4.69, 9.17) is 10.5 Å². The summed E-state index contributed by atoms with van der Waals surface area (Å²) in [5.41, 5.74) is 6.64. The Labute approximate surface area is 124 Å². The number of benzene rings is 1. The van der Waals surface area contributed by atoms with Crippen LogP contribution in [0.1, 0.15) is 6.42 Å². The van der Waals surface area contributed by atoms with Crippen molar-refractivity contribution in [1.29, 1.82) is 0 Å². The van der Waals surface area contributed by atoms with Gasteiger partial charge in [0.15, 0.2) is 0 Å². The van der Waals surface area contributed by atoms with Crippen molar-refractivity contribution in [2.75, 3.05) is 50.4 Å². The van der Waals surface area contributed by atoms with E-state index in [1.165, 1.54) is 0 Å². The van der Waals surface area contributed by atoms with E-state index in [2.05, 4.69) is 20.2 Å².